The zero-order chi connectivity index (χ0) is 17.8. The first-order valence-electron chi connectivity index (χ1n) is 8.67. The van der Waals surface area contributed by atoms with Crippen molar-refractivity contribution < 1.29 is 4.79 Å². The SMILES string of the molecule is CC(C)CC(NC(=O)c1cccc(=O)[nH]1)c1nnc2n1CCNCC2. The zero-order valence-electron chi connectivity index (χ0n) is 14.6. The van der Waals surface area contributed by atoms with Gasteiger partial charge in [-0.25, -0.2) is 0 Å². The summed E-state index contributed by atoms with van der Waals surface area (Å²) in [6.07, 6.45) is 1.57. The molecular weight excluding hydrogens is 320 g/mol. The van der Waals surface area contributed by atoms with E-state index in [0.717, 1.165) is 44.1 Å². The van der Waals surface area contributed by atoms with Crippen LogP contribution in [0.15, 0.2) is 23.0 Å². The number of carbonyl (C=O) groups is 1. The summed E-state index contributed by atoms with van der Waals surface area (Å²) in [5, 5.41) is 15.0. The fourth-order valence-corrected chi connectivity index (χ4v) is 3.07. The van der Waals surface area contributed by atoms with Crippen LogP contribution in [0, 0.1) is 5.92 Å². The fraction of sp³-hybridized carbons (Fsp3) is 0.529. The van der Waals surface area contributed by atoms with Crippen LogP contribution in [0.1, 0.15) is 48.4 Å². The van der Waals surface area contributed by atoms with Gasteiger partial charge < -0.3 is 20.2 Å². The van der Waals surface area contributed by atoms with E-state index in [1.165, 1.54) is 6.07 Å². The summed E-state index contributed by atoms with van der Waals surface area (Å²) in [7, 11) is 0. The van der Waals surface area contributed by atoms with Gasteiger partial charge in [0.25, 0.3) is 5.91 Å². The molecule has 8 heteroatoms. The number of aromatic nitrogens is 4. The molecule has 1 amide bonds. The molecule has 25 heavy (non-hydrogen) atoms. The molecule has 3 rings (SSSR count). The van der Waals surface area contributed by atoms with Crippen LogP contribution in [0.2, 0.25) is 0 Å². The van der Waals surface area contributed by atoms with E-state index in [4.69, 9.17) is 0 Å². The highest BCUT2D eigenvalue weighted by Gasteiger charge is 2.25. The Morgan fingerprint density at radius 3 is 2.92 bits per heavy atom. The topological polar surface area (TPSA) is 105 Å². The van der Waals surface area contributed by atoms with Crippen LogP contribution >= 0.6 is 0 Å². The summed E-state index contributed by atoms with van der Waals surface area (Å²) in [6, 6.07) is 4.29. The summed E-state index contributed by atoms with van der Waals surface area (Å²) in [6.45, 7) is 6.72. The number of hydrogen-bond donors (Lipinski definition) is 3. The molecule has 1 aliphatic rings. The number of amides is 1. The number of nitrogens with one attached hydrogen (secondary N) is 3. The predicted molar refractivity (Wildman–Crippen MR) is 93.3 cm³/mol. The number of carbonyl (C=O) groups excluding carboxylic acids is 1. The quantitative estimate of drug-likeness (QED) is 0.738. The summed E-state index contributed by atoms with van der Waals surface area (Å²) in [4.78, 5) is 26.6. The van der Waals surface area contributed by atoms with Gasteiger partial charge in [-0.1, -0.05) is 19.9 Å². The summed E-state index contributed by atoms with van der Waals surface area (Å²) in [5.74, 6) is 1.78. The van der Waals surface area contributed by atoms with Crippen LogP contribution < -0.4 is 16.2 Å². The molecule has 0 aromatic carbocycles. The lowest BCUT2D eigenvalue weighted by Gasteiger charge is -2.21. The van der Waals surface area contributed by atoms with Gasteiger partial charge in [-0.15, -0.1) is 10.2 Å². The Morgan fingerprint density at radius 1 is 1.32 bits per heavy atom. The molecule has 0 saturated heterocycles. The molecule has 0 fully saturated rings. The predicted octanol–water partition coefficient (Wildman–Crippen LogP) is 0.629. The Balaban J connectivity index is 1.86. The van der Waals surface area contributed by atoms with Crippen LogP contribution in [0.5, 0.6) is 0 Å². The van der Waals surface area contributed by atoms with E-state index in [1.807, 2.05) is 0 Å². The first-order valence-corrected chi connectivity index (χ1v) is 8.67. The highest BCUT2D eigenvalue weighted by atomic mass is 16.2. The lowest BCUT2D eigenvalue weighted by atomic mass is 10.0. The van der Waals surface area contributed by atoms with E-state index >= 15 is 0 Å². The fourth-order valence-electron chi connectivity index (χ4n) is 3.07. The standard InChI is InChI=1S/C17H24N6O2/c1-11(2)10-13(20-17(25)12-4-3-5-15(24)19-12)16-22-21-14-6-7-18-8-9-23(14)16/h3-5,11,13,18H,6-10H2,1-2H3,(H,19,24)(H,20,25). The molecule has 1 atom stereocenters. The van der Waals surface area contributed by atoms with Crippen LogP contribution in [0.3, 0.4) is 0 Å². The van der Waals surface area contributed by atoms with Crippen molar-refractivity contribution in [1.29, 1.82) is 0 Å². The van der Waals surface area contributed by atoms with E-state index in [-0.39, 0.29) is 23.2 Å². The Bertz CT molecular complexity index is 794. The van der Waals surface area contributed by atoms with E-state index in [9.17, 15) is 9.59 Å². The third-order valence-electron chi connectivity index (χ3n) is 4.23. The van der Waals surface area contributed by atoms with Gasteiger partial charge in [-0.2, -0.15) is 0 Å². The average molecular weight is 344 g/mol. The van der Waals surface area contributed by atoms with Gasteiger partial charge in [0, 0.05) is 32.1 Å². The van der Waals surface area contributed by atoms with Gasteiger partial charge >= 0.3 is 0 Å². The number of pyridine rings is 1. The molecule has 3 heterocycles. The third-order valence-corrected chi connectivity index (χ3v) is 4.23. The molecule has 1 unspecified atom stereocenters. The molecule has 1 aliphatic heterocycles. The third kappa shape index (κ3) is 4.14. The van der Waals surface area contributed by atoms with Gasteiger partial charge in [0.05, 0.1) is 6.04 Å². The smallest absolute Gasteiger partial charge is 0.268 e. The van der Waals surface area contributed by atoms with Crippen LogP contribution in [-0.2, 0) is 13.0 Å². The van der Waals surface area contributed by atoms with Gasteiger partial charge in [-0.05, 0) is 18.4 Å². The Hall–Kier alpha value is -2.48. The minimum Gasteiger partial charge on any atom is -0.341 e. The maximum Gasteiger partial charge on any atom is 0.268 e. The Labute approximate surface area is 146 Å². The molecule has 0 aliphatic carbocycles. The van der Waals surface area contributed by atoms with Gasteiger partial charge in [0.1, 0.15) is 11.5 Å². The van der Waals surface area contributed by atoms with Gasteiger partial charge in [0.2, 0.25) is 5.56 Å². The molecule has 0 bridgehead atoms. The van der Waals surface area contributed by atoms with Crippen molar-refractivity contribution in [3.05, 3.63) is 45.9 Å². The highest BCUT2D eigenvalue weighted by molar-refractivity contribution is 5.92. The Morgan fingerprint density at radius 2 is 2.16 bits per heavy atom. The van der Waals surface area contributed by atoms with Crippen LogP contribution in [0.4, 0.5) is 0 Å². The number of nitrogens with zero attached hydrogens (tertiary/aromatic N) is 3. The molecule has 2 aromatic rings. The van der Waals surface area contributed by atoms with Crippen LogP contribution in [-0.4, -0.2) is 38.7 Å². The lowest BCUT2D eigenvalue weighted by Crippen LogP contribution is -2.33. The number of hydrogen-bond acceptors (Lipinski definition) is 5. The average Bonchev–Trinajstić information content (AvgIpc) is 2.82. The highest BCUT2D eigenvalue weighted by Crippen LogP contribution is 2.22. The van der Waals surface area contributed by atoms with E-state index < -0.39 is 0 Å². The summed E-state index contributed by atoms with van der Waals surface area (Å²) in [5.41, 5.74) is -0.0472. The molecule has 3 N–H and O–H groups in total. The maximum absolute atomic E-state index is 12.6. The second-order valence-corrected chi connectivity index (χ2v) is 6.71. The first kappa shape index (κ1) is 17.3. The van der Waals surface area contributed by atoms with Crippen molar-refractivity contribution in [1.82, 2.24) is 30.4 Å². The molecule has 0 saturated carbocycles. The second-order valence-electron chi connectivity index (χ2n) is 6.71. The molecule has 0 spiro atoms. The monoisotopic (exact) mass is 344 g/mol. The number of H-pyrrole nitrogens is 1. The van der Waals surface area contributed by atoms with E-state index in [2.05, 4.69) is 44.2 Å². The lowest BCUT2D eigenvalue weighted by molar-refractivity contribution is 0.0923. The number of fused-ring (bicyclic) bond motifs is 1. The molecular formula is C17H24N6O2. The Kier molecular flexibility index (Phi) is 5.28. The molecule has 8 nitrogen and oxygen atoms in total. The number of rotatable bonds is 5. The normalized spacial score (nSPS) is 15.5. The maximum atomic E-state index is 12.6. The summed E-state index contributed by atoms with van der Waals surface area (Å²) < 4.78 is 2.10. The first-order chi connectivity index (χ1) is 12.0. The largest absolute Gasteiger partial charge is 0.341 e. The van der Waals surface area contributed by atoms with Crippen molar-refractivity contribution in [3.63, 3.8) is 0 Å². The van der Waals surface area contributed by atoms with E-state index in [1.54, 1.807) is 12.1 Å². The van der Waals surface area contributed by atoms with Gasteiger partial charge in [0.15, 0.2) is 5.82 Å². The van der Waals surface area contributed by atoms with Crippen molar-refractivity contribution in [2.24, 2.45) is 5.92 Å². The minimum atomic E-state index is -0.313. The zero-order valence-corrected chi connectivity index (χ0v) is 14.6. The van der Waals surface area contributed by atoms with E-state index in [0.29, 0.717) is 5.92 Å². The molecule has 134 valence electrons. The van der Waals surface area contributed by atoms with Crippen LogP contribution in [0.25, 0.3) is 0 Å². The second kappa shape index (κ2) is 7.60. The van der Waals surface area contributed by atoms with Crippen molar-refractivity contribution in [2.75, 3.05) is 13.1 Å². The van der Waals surface area contributed by atoms with Crippen molar-refractivity contribution >= 4 is 5.91 Å². The van der Waals surface area contributed by atoms with Gasteiger partial charge in [-0.3, -0.25) is 9.59 Å². The molecule has 2 aromatic heterocycles. The van der Waals surface area contributed by atoms with Crippen molar-refractivity contribution in [2.45, 2.75) is 39.3 Å². The number of aromatic amines is 1. The molecule has 0 radical (unpaired) electrons. The minimum absolute atomic E-state index is 0.249. The van der Waals surface area contributed by atoms with Crippen molar-refractivity contribution in [3.8, 4) is 0 Å². The summed E-state index contributed by atoms with van der Waals surface area (Å²) >= 11 is 0.